The first-order valence-corrected chi connectivity index (χ1v) is 10.8. The van der Waals surface area contributed by atoms with Crippen molar-refractivity contribution in [3.05, 3.63) is 30.5 Å². The number of fused-ring (bicyclic) bond motifs is 1. The zero-order chi connectivity index (χ0) is 22.3. The van der Waals surface area contributed by atoms with Gasteiger partial charge in [0.25, 0.3) is 0 Å². The van der Waals surface area contributed by atoms with Gasteiger partial charge in [0, 0.05) is 49.5 Å². The molecule has 7 heteroatoms. The number of nitrogens with one attached hydrogen (secondary N) is 2. The Kier molecular flexibility index (Phi) is 8.72. The third-order valence-electron chi connectivity index (χ3n) is 5.40. The van der Waals surface area contributed by atoms with E-state index in [-0.39, 0.29) is 11.9 Å². The van der Waals surface area contributed by atoms with Crippen LogP contribution in [0.1, 0.15) is 34.1 Å². The van der Waals surface area contributed by atoms with Crippen molar-refractivity contribution < 1.29 is 9.59 Å². The van der Waals surface area contributed by atoms with Crippen molar-refractivity contribution in [2.45, 2.75) is 46.7 Å². The van der Waals surface area contributed by atoms with Crippen molar-refractivity contribution in [2.24, 2.45) is 5.92 Å². The topological polar surface area (TPSA) is 69.6 Å². The fourth-order valence-corrected chi connectivity index (χ4v) is 3.73. The molecule has 30 heavy (non-hydrogen) atoms. The van der Waals surface area contributed by atoms with Gasteiger partial charge in [0.15, 0.2) is 0 Å². The zero-order valence-corrected chi connectivity index (χ0v) is 19.2. The minimum absolute atomic E-state index is 0.0400. The van der Waals surface area contributed by atoms with Gasteiger partial charge >= 0.3 is 6.03 Å². The highest BCUT2D eigenvalue weighted by molar-refractivity contribution is 5.93. The number of hydrogen-bond donors (Lipinski definition) is 2. The van der Waals surface area contributed by atoms with E-state index in [0.29, 0.717) is 25.0 Å². The van der Waals surface area contributed by atoms with E-state index in [1.807, 2.05) is 35.0 Å². The van der Waals surface area contributed by atoms with Gasteiger partial charge in [-0.1, -0.05) is 27.7 Å². The summed E-state index contributed by atoms with van der Waals surface area (Å²) in [5.41, 5.74) is 1.70. The summed E-state index contributed by atoms with van der Waals surface area (Å²) >= 11 is 0. The van der Waals surface area contributed by atoms with Gasteiger partial charge in [-0.2, -0.15) is 0 Å². The normalized spacial score (nSPS) is 12.4. The monoisotopic (exact) mass is 415 g/mol. The molecular formula is C23H37N5O2. The van der Waals surface area contributed by atoms with Crippen LogP contribution in [-0.2, 0) is 11.3 Å². The summed E-state index contributed by atoms with van der Waals surface area (Å²) in [6.07, 6.45) is 2.95. The lowest BCUT2D eigenvalue weighted by Gasteiger charge is -2.31. The van der Waals surface area contributed by atoms with Gasteiger partial charge in [0.1, 0.15) is 6.54 Å². The van der Waals surface area contributed by atoms with Crippen molar-refractivity contribution in [1.29, 1.82) is 0 Å². The first kappa shape index (κ1) is 23.7. The average Bonchev–Trinajstić information content (AvgIpc) is 3.08. The van der Waals surface area contributed by atoms with Gasteiger partial charge < -0.3 is 20.1 Å². The number of rotatable bonds is 10. The van der Waals surface area contributed by atoms with E-state index in [1.165, 1.54) is 0 Å². The number of urea groups is 1. The number of benzene rings is 1. The minimum atomic E-state index is -0.197. The molecule has 0 saturated heterocycles. The summed E-state index contributed by atoms with van der Waals surface area (Å²) in [5, 5.41) is 6.95. The van der Waals surface area contributed by atoms with Crippen molar-refractivity contribution in [2.75, 3.05) is 39.0 Å². The first-order valence-electron chi connectivity index (χ1n) is 10.8. The molecule has 3 amide bonds. The number of amides is 3. The molecule has 0 aliphatic rings. The van der Waals surface area contributed by atoms with E-state index >= 15 is 0 Å². The Morgan fingerprint density at radius 1 is 1.10 bits per heavy atom. The molecule has 0 aliphatic carbocycles. The van der Waals surface area contributed by atoms with Crippen LogP contribution in [0.3, 0.4) is 0 Å². The predicted molar refractivity (Wildman–Crippen MR) is 124 cm³/mol. The number of carbonyl (C=O) groups excluding carboxylic acids is 2. The highest BCUT2D eigenvalue weighted by Gasteiger charge is 2.18. The molecule has 0 fully saturated rings. The maximum absolute atomic E-state index is 12.5. The lowest BCUT2D eigenvalue weighted by molar-refractivity contribution is -0.129. The van der Waals surface area contributed by atoms with Crippen LogP contribution in [0.25, 0.3) is 10.9 Å². The Morgan fingerprint density at radius 2 is 1.80 bits per heavy atom. The number of nitrogens with zero attached hydrogens (tertiary/aromatic N) is 3. The Bertz CT molecular complexity index is 839. The molecule has 0 bridgehead atoms. The molecule has 2 rings (SSSR count). The van der Waals surface area contributed by atoms with Gasteiger partial charge in [-0.15, -0.1) is 0 Å². The highest BCUT2D eigenvalue weighted by atomic mass is 16.2. The van der Waals surface area contributed by atoms with E-state index in [9.17, 15) is 9.59 Å². The van der Waals surface area contributed by atoms with Crippen molar-refractivity contribution in [1.82, 2.24) is 19.7 Å². The molecule has 1 aromatic heterocycles. The van der Waals surface area contributed by atoms with Crippen LogP contribution in [0.5, 0.6) is 0 Å². The molecule has 1 aromatic carbocycles. The second-order valence-corrected chi connectivity index (χ2v) is 8.35. The molecule has 0 radical (unpaired) electrons. The van der Waals surface area contributed by atoms with Gasteiger partial charge in [-0.3, -0.25) is 9.69 Å². The van der Waals surface area contributed by atoms with Crippen LogP contribution in [-0.4, -0.2) is 66.1 Å². The number of carbonyl (C=O) groups is 2. The largest absolute Gasteiger partial charge is 0.347 e. The third kappa shape index (κ3) is 6.49. The van der Waals surface area contributed by atoms with Crippen LogP contribution < -0.4 is 10.6 Å². The number of likely N-dealkylation sites (N-methyl/N-ethyl adjacent to an activating group) is 2. The summed E-state index contributed by atoms with van der Waals surface area (Å²) in [7, 11) is 3.50. The van der Waals surface area contributed by atoms with Gasteiger partial charge in [0.2, 0.25) is 5.91 Å². The molecule has 7 nitrogen and oxygen atoms in total. The standard InChI is InChI=1S/C23H37N5O2/c1-7-27(8-2)20(13-17(3)4)15-24-23(30)25-19-9-10-21-18(14-19)11-12-28(21)16-22(29)26(5)6/h9-12,14,17,20H,7-8,13,15-16H2,1-6H3,(H2,24,25,30). The second kappa shape index (κ2) is 11.0. The minimum Gasteiger partial charge on any atom is -0.347 e. The van der Waals surface area contributed by atoms with E-state index < -0.39 is 0 Å². The van der Waals surface area contributed by atoms with Crippen molar-refractivity contribution in [3.63, 3.8) is 0 Å². The van der Waals surface area contributed by atoms with Crippen molar-refractivity contribution >= 4 is 28.5 Å². The molecule has 166 valence electrons. The maximum Gasteiger partial charge on any atom is 0.319 e. The summed E-state index contributed by atoms with van der Waals surface area (Å²) in [6.45, 7) is 11.6. The molecule has 0 saturated carbocycles. The van der Waals surface area contributed by atoms with E-state index in [0.717, 1.165) is 36.1 Å². The Labute approximate surface area is 180 Å². The predicted octanol–water partition coefficient (Wildman–Crippen LogP) is 3.61. The third-order valence-corrected chi connectivity index (χ3v) is 5.40. The quantitative estimate of drug-likeness (QED) is 0.623. The fraction of sp³-hybridized carbons (Fsp3) is 0.565. The van der Waals surface area contributed by atoms with Crippen LogP contribution >= 0.6 is 0 Å². The molecule has 1 unspecified atom stereocenters. The van der Waals surface area contributed by atoms with E-state index in [4.69, 9.17) is 0 Å². The summed E-state index contributed by atoms with van der Waals surface area (Å²) in [4.78, 5) is 28.4. The molecule has 2 aromatic rings. The average molecular weight is 416 g/mol. The number of aromatic nitrogens is 1. The van der Waals surface area contributed by atoms with Crippen molar-refractivity contribution in [3.8, 4) is 0 Å². The molecule has 1 heterocycles. The highest BCUT2D eigenvalue weighted by Crippen LogP contribution is 2.21. The summed E-state index contributed by atoms with van der Waals surface area (Å²) in [6, 6.07) is 7.83. The first-order chi connectivity index (χ1) is 14.2. The molecule has 0 aliphatic heterocycles. The van der Waals surface area contributed by atoms with E-state index in [1.54, 1.807) is 19.0 Å². The fourth-order valence-electron chi connectivity index (χ4n) is 3.73. The van der Waals surface area contributed by atoms with Crippen LogP contribution in [0.4, 0.5) is 10.5 Å². The van der Waals surface area contributed by atoms with Crippen LogP contribution in [0, 0.1) is 5.92 Å². The smallest absolute Gasteiger partial charge is 0.319 e. The van der Waals surface area contributed by atoms with Crippen LogP contribution in [0.15, 0.2) is 30.5 Å². The Morgan fingerprint density at radius 3 is 2.40 bits per heavy atom. The summed E-state index contributed by atoms with van der Waals surface area (Å²) < 4.78 is 1.92. The van der Waals surface area contributed by atoms with E-state index in [2.05, 4.69) is 43.2 Å². The molecule has 1 atom stereocenters. The van der Waals surface area contributed by atoms with Gasteiger partial charge in [-0.05, 0) is 49.7 Å². The summed E-state index contributed by atoms with van der Waals surface area (Å²) in [5.74, 6) is 0.615. The van der Waals surface area contributed by atoms with Gasteiger partial charge in [0.05, 0.1) is 0 Å². The molecular weight excluding hydrogens is 378 g/mol. The second-order valence-electron chi connectivity index (χ2n) is 8.35. The van der Waals surface area contributed by atoms with Gasteiger partial charge in [-0.25, -0.2) is 4.79 Å². The zero-order valence-electron chi connectivity index (χ0n) is 19.2. The molecule has 2 N–H and O–H groups in total. The maximum atomic E-state index is 12.5. The lowest BCUT2D eigenvalue weighted by atomic mass is 10.0. The SMILES string of the molecule is CCN(CC)C(CNC(=O)Nc1ccc2c(ccn2CC(=O)N(C)C)c1)CC(C)C. The number of anilines is 1. The molecule has 0 spiro atoms. The Balaban J connectivity index is 2.00. The Hall–Kier alpha value is -2.54. The lowest BCUT2D eigenvalue weighted by Crippen LogP contribution is -2.45. The van der Waals surface area contributed by atoms with Crippen LogP contribution in [0.2, 0.25) is 0 Å². The number of hydrogen-bond acceptors (Lipinski definition) is 3.